The van der Waals surface area contributed by atoms with Crippen LogP contribution in [0.15, 0.2) is 84.9 Å². The van der Waals surface area contributed by atoms with Crippen molar-refractivity contribution in [3.8, 4) is 5.75 Å². The van der Waals surface area contributed by atoms with E-state index in [2.05, 4.69) is 5.32 Å². The number of nitrogens with one attached hydrogen (secondary N) is 1. The molecule has 0 bridgehead atoms. The Morgan fingerprint density at radius 3 is 2.00 bits per heavy atom. The van der Waals surface area contributed by atoms with Crippen molar-refractivity contribution in [1.82, 2.24) is 15.1 Å². The number of hydrogen-bond acceptors (Lipinski definition) is 7. The van der Waals surface area contributed by atoms with E-state index in [1.807, 2.05) is 60.7 Å². The molecule has 4 rings (SSSR count). The standard InChI is InChI=1S/C34H41N5O5/c1-38-30(22-24-12-6-3-7-13-24)31(41)37-28(21-23-10-4-2-5-11-23)33(43)39(29(34(38)44)14-8-9-19-35)32(42)27(36)20-25-15-17-26(40)18-16-25/h2-7,10-13,15-18,27-30,40H,8-9,14,19-22,35-36H2,1H3,(H,37,41)/t27-,28+,29+,30-/m0/s1. The molecule has 1 fully saturated rings. The van der Waals surface area contributed by atoms with Gasteiger partial charge in [-0.25, -0.2) is 0 Å². The Kier molecular flexibility index (Phi) is 11.2. The molecule has 1 heterocycles. The Hall–Kier alpha value is -4.54. The third-order valence-corrected chi connectivity index (χ3v) is 8.00. The van der Waals surface area contributed by atoms with Crippen LogP contribution in [0.3, 0.4) is 0 Å². The number of carbonyl (C=O) groups is 4. The quantitative estimate of drug-likeness (QED) is 0.245. The third-order valence-electron chi connectivity index (χ3n) is 8.00. The largest absolute Gasteiger partial charge is 0.508 e. The molecule has 0 aliphatic carbocycles. The molecule has 3 aromatic carbocycles. The van der Waals surface area contributed by atoms with Gasteiger partial charge in [-0.15, -0.1) is 0 Å². The molecule has 1 aliphatic rings. The fourth-order valence-corrected chi connectivity index (χ4v) is 5.53. The van der Waals surface area contributed by atoms with Crippen molar-refractivity contribution in [1.29, 1.82) is 0 Å². The molecule has 0 unspecified atom stereocenters. The summed E-state index contributed by atoms with van der Waals surface area (Å²) in [5.74, 6) is -2.33. The van der Waals surface area contributed by atoms with Gasteiger partial charge in [-0.3, -0.25) is 24.1 Å². The zero-order chi connectivity index (χ0) is 31.6. The topological polar surface area (TPSA) is 159 Å². The van der Waals surface area contributed by atoms with Crippen molar-refractivity contribution in [3.63, 3.8) is 0 Å². The summed E-state index contributed by atoms with van der Waals surface area (Å²) in [5, 5.41) is 12.5. The monoisotopic (exact) mass is 599 g/mol. The van der Waals surface area contributed by atoms with Crippen molar-refractivity contribution in [2.75, 3.05) is 13.6 Å². The maximum Gasteiger partial charge on any atom is 0.252 e. The van der Waals surface area contributed by atoms with Crippen LogP contribution in [0.5, 0.6) is 5.75 Å². The highest BCUT2D eigenvalue weighted by Gasteiger charge is 2.45. The second-order valence-corrected chi connectivity index (χ2v) is 11.2. The molecular weight excluding hydrogens is 558 g/mol. The van der Waals surface area contributed by atoms with Crippen molar-refractivity contribution in [2.24, 2.45) is 11.5 Å². The highest BCUT2D eigenvalue weighted by Crippen LogP contribution is 2.22. The Morgan fingerprint density at radius 2 is 1.41 bits per heavy atom. The molecule has 3 aromatic rings. The van der Waals surface area contributed by atoms with Gasteiger partial charge in [0.1, 0.15) is 23.9 Å². The van der Waals surface area contributed by atoms with Crippen LogP contribution in [0.1, 0.15) is 36.0 Å². The summed E-state index contributed by atoms with van der Waals surface area (Å²) < 4.78 is 0. The van der Waals surface area contributed by atoms with Crippen molar-refractivity contribution < 1.29 is 24.3 Å². The minimum Gasteiger partial charge on any atom is -0.508 e. The lowest BCUT2D eigenvalue weighted by molar-refractivity contribution is -0.156. The smallest absolute Gasteiger partial charge is 0.252 e. The van der Waals surface area contributed by atoms with Gasteiger partial charge < -0.3 is 26.8 Å². The van der Waals surface area contributed by atoms with Crippen LogP contribution in [-0.2, 0) is 38.4 Å². The van der Waals surface area contributed by atoms with E-state index in [1.54, 1.807) is 12.1 Å². The molecule has 1 saturated heterocycles. The Morgan fingerprint density at radius 1 is 0.818 bits per heavy atom. The van der Waals surface area contributed by atoms with Gasteiger partial charge >= 0.3 is 0 Å². The van der Waals surface area contributed by atoms with Crippen LogP contribution in [0.25, 0.3) is 0 Å². The van der Waals surface area contributed by atoms with E-state index in [0.717, 1.165) is 16.0 Å². The Labute approximate surface area is 258 Å². The number of carbonyl (C=O) groups excluding carboxylic acids is 4. The number of rotatable bonds is 11. The van der Waals surface area contributed by atoms with Crippen molar-refractivity contribution >= 4 is 23.6 Å². The fourth-order valence-electron chi connectivity index (χ4n) is 5.53. The van der Waals surface area contributed by atoms with Crippen molar-refractivity contribution in [2.45, 2.75) is 62.7 Å². The van der Waals surface area contributed by atoms with Gasteiger partial charge in [0.15, 0.2) is 0 Å². The molecule has 1 aliphatic heterocycles. The van der Waals surface area contributed by atoms with Crippen molar-refractivity contribution in [3.05, 3.63) is 102 Å². The van der Waals surface area contributed by atoms with Crippen LogP contribution < -0.4 is 16.8 Å². The number of hydrogen-bond donors (Lipinski definition) is 4. The molecule has 44 heavy (non-hydrogen) atoms. The molecule has 6 N–H and O–H groups in total. The summed E-state index contributed by atoms with van der Waals surface area (Å²) in [6, 6.07) is 20.4. The second kappa shape index (κ2) is 15.3. The first-order valence-corrected chi connectivity index (χ1v) is 14.9. The number of nitrogens with zero attached hydrogens (tertiary/aromatic N) is 2. The van der Waals surface area contributed by atoms with Gasteiger partial charge in [-0.1, -0.05) is 72.8 Å². The summed E-state index contributed by atoms with van der Waals surface area (Å²) >= 11 is 0. The fraction of sp³-hybridized carbons (Fsp3) is 0.353. The number of phenols is 1. The summed E-state index contributed by atoms with van der Waals surface area (Å²) in [7, 11) is 1.53. The zero-order valence-corrected chi connectivity index (χ0v) is 25.0. The third kappa shape index (κ3) is 8.09. The Balaban J connectivity index is 1.76. The van der Waals surface area contributed by atoms with E-state index in [1.165, 1.54) is 24.1 Å². The first-order valence-electron chi connectivity index (χ1n) is 14.9. The molecule has 0 spiro atoms. The van der Waals surface area contributed by atoms with E-state index < -0.39 is 47.8 Å². The number of imide groups is 1. The number of nitrogens with two attached hydrogens (primary N) is 2. The molecule has 0 radical (unpaired) electrons. The lowest BCUT2D eigenvalue weighted by Gasteiger charge is -2.35. The van der Waals surface area contributed by atoms with Crippen LogP contribution in [-0.4, -0.2) is 76.3 Å². The number of likely N-dealkylation sites (N-methyl/N-ethyl adjacent to an activating group) is 1. The van der Waals surface area contributed by atoms with Gasteiger partial charge in [0.25, 0.3) is 5.91 Å². The first-order chi connectivity index (χ1) is 21.2. The van der Waals surface area contributed by atoms with Gasteiger partial charge in [-0.05, 0) is 61.1 Å². The number of aromatic hydroxyl groups is 1. The van der Waals surface area contributed by atoms with Crippen LogP contribution in [0, 0.1) is 0 Å². The van der Waals surface area contributed by atoms with Gasteiger partial charge in [0, 0.05) is 19.9 Å². The lowest BCUT2D eigenvalue weighted by Crippen LogP contribution is -2.60. The van der Waals surface area contributed by atoms with Crippen LogP contribution in [0.2, 0.25) is 0 Å². The summed E-state index contributed by atoms with van der Waals surface area (Å²) in [4.78, 5) is 59.0. The summed E-state index contributed by atoms with van der Waals surface area (Å²) in [6.45, 7) is 0.381. The van der Waals surface area contributed by atoms with Crippen LogP contribution >= 0.6 is 0 Å². The summed E-state index contributed by atoms with van der Waals surface area (Å²) in [6.07, 6.45) is 1.67. The Bertz CT molecular complexity index is 1420. The number of benzene rings is 3. The average molecular weight is 600 g/mol. The molecule has 4 atom stereocenters. The SMILES string of the molecule is CN1C(=O)[C@@H](CCCCN)N(C(=O)[C@@H](N)Cc2ccc(O)cc2)C(=O)[C@@H](Cc2ccccc2)NC(=O)[C@@H]1Cc1ccccc1. The van der Waals surface area contributed by atoms with Gasteiger partial charge in [0.05, 0.1) is 6.04 Å². The summed E-state index contributed by atoms with van der Waals surface area (Å²) in [5.41, 5.74) is 14.5. The maximum atomic E-state index is 14.4. The molecule has 10 heteroatoms. The number of phenolic OH excluding ortho intramolecular Hbond substituents is 1. The highest BCUT2D eigenvalue weighted by molar-refractivity contribution is 6.06. The predicted octanol–water partition coefficient (Wildman–Crippen LogP) is 1.93. The minimum atomic E-state index is -1.18. The molecule has 0 aromatic heterocycles. The maximum absolute atomic E-state index is 14.4. The molecule has 0 saturated carbocycles. The second-order valence-electron chi connectivity index (χ2n) is 11.2. The molecule has 10 nitrogen and oxygen atoms in total. The van der Waals surface area contributed by atoms with E-state index in [0.29, 0.717) is 24.9 Å². The first kappa shape index (κ1) is 32.4. The molecule has 232 valence electrons. The highest BCUT2D eigenvalue weighted by atomic mass is 16.3. The van der Waals surface area contributed by atoms with E-state index in [4.69, 9.17) is 11.5 Å². The van der Waals surface area contributed by atoms with E-state index in [9.17, 15) is 24.3 Å². The van der Waals surface area contributed by atoms with Crippen LogP contribution in [0.4, 0.5) is 0 Å². The molecule has 4 amide bonds. The van der Waals surface area contributed by atoms with E-state index >= 15 is 0 Å². The average Bonchev–Trinajstić information content (AvgIpc) is 3.05. The zero-order valence-electron chi connectivity index (χ0n) is 25.0. The number of amides is 4. The minimum absolute atomic E-state index is 0.0713. The molecular formula is C34H41N5O5. The van der Waals surface area contributed by atoms with Gasteiger partial charge in [0.2, 0.25) is 17.7 Å². The van der Waals surface area contributed by atoms with E-state index in [-0.39, 0.29) is 31.4 Å². The lowest BCUT2D eigenvalue weighted by atomic mass is 9.99. The normalized spacial score (nSPS) is 20.0. The predicted molar refractivity (Wildman–Crippen MR) is 167 cm³/mol. The van der Waals surface area contributed by atoms with Gasteiger partial charge in [-0.2, -0.15) is 0 Å². The number of unbranched alkanes of at least 4 members (excludes halogenated alkanes) is 1.